The number of halogens is 1. The van der Waals surface area contributed by atoms with Crippen molar-refractivity contribution in [3.63, 3.8) is 0 Å². The first kappa shape index (κ1) is 16.5. The number of hydrogen-bond donors (Lipinski definition) is 1. The van der Waals surface area contributed by atoms with E-state index in [1.165, 1.54) is 16.0 Å². The van der Waals surface area contributed by atoms with Crippen LogP contribution < -0.4 is 5.32 Å². The molecule has 4 heteroatoms. The Morgan fingerprint density at radius 3 is 2.90 bits per heavy atom. The van der Waals surface area contributed by atoms with Crippen LogP contribution in [0.3, 0.4) is 0 Å². The van der Waals surface area contributed by atoms with E-state index in [-0.39, 0.29) is 0 Å². The second kappa shape index (κ2) is 8.57. The second-order valence-electron chi connectivity index (χ2n) is 5.01. The number of rotatable bonds is 7. The topological polar surface area (TPSA) is 24.9 Å². The SMILES string of the molecule is CCCNC(CSc1cccc(Br)c1)c1cnccc1C. The maximum atomic E-state index is 4.29. The average molecular weight is 365 g/mol. The van der Waals surface area contributed by atoms with Crippen LogP contribution >= 0.6 is 27.7 Å². The standard InChI is InChI=1S/C17H21BrN2S/c1-3-8-20-17(16-11-19-9-7-13(16)2)12-21-15-6-4-5-14(18)10-15/h4-7,9-11,17,20H,3,8,12H2,1-2H3. The molecule has 1 N–H and O–H groups in total. The molecule has 0 bridgehead atoms. The number of thioether (sulfide) groups is 1. The molecule has 1 aromatic carbocycles. The van der Waals surface area contributed by atoms with E-state index in [4.69, 9.17) is 0 Å². The van der Waals surface area contributed by atoms with E-state index in [0.717, 1.165) is 23.2 Å². The lowest BCUT2D eigenvalue weighted by molar-refractivity contribution is 0.573. The van der Waals surface area contributed by atoms with Crippen molar-refractivity contribution in [3.8, 4) is 0 Å². The summed E-state index contributed by atoms with van der Waals surface area (Å²) in [4.78, 5) is 5.57. The van der Waals surface area contributed by atoms with Gasteiger partial charge in [0.1, 0.15) is 0 Å². The molecule has 0 spiro atoms. The Balaban J connectivity index is 2.08. The third-order valence-corrected chi connectivity index (χ3v) is 4.89. The largest absolute Gasteiger partial charge is 0.309 e. The highest BCUT2D eigenvalue weighted by Crippen LogP contribution is 2.27. The first-order valence-electron chi connectivity index (χ1n) is 7.23. The van der Waals surface area contributed by atoms with Crippen LogP contribution in [0.1, 0.15) is 30.5 Å². The number of nitrogens with zero attached hydrogens (tertiary/aromatic N) is 1. The fourth-order valence-corrected chi connectivity index (χ4v) is 3.75. The van der Waals surface area contributed by atoms with Gasteiger partial charge in [0.05, 0.1) is 0 Å². The minimum atomic E-state index is 0.336. The van der Waals surface area contributed by atoms with Gasteiger partial charge < -0.3 is 5.32 Å². The fourth-order valence-electron chi connectivity index (χ4n) is 2.15. The van der Waals surface area contributed by atoms with Gasteiger partial charge in [0.2, 0.25) is 0 Å². The Hall–Kier alpha value is -0.840. The molecule has 2 rings (SSSR count). The Kier molecular flexibility index (Phi) is 6.74. The summed E-state index contributed by atoms with van der Waals surface area (Å²) in [7, 11) is 0. The van der Waals surface area contributed by atoms with Crippen molar-refractivity contribution in [2.24, 2.45) is 0 Å². The number of aromatic nitrogens is 1. The first-order chi connectivity index (χ1) is 10.2. The molecule has 1 aromatic heterocycles. The summed E-state index contributed by atoms with van der Waals surface area (Å²) in [5, 5.41) is 3.64. The summed E-state index contributed by atoms with van der Waals surface area (Å²) >= 11 is 5.41. The molecule has 1 heterocycles. The molecular weight excluding hydrogens is 344 g/mol. The number of pyridine rings is 1. The summed E-state index contributed by atoms with van der Waals surface area (Å²) in [6.07, 6.45) is 4.98. The number of nitrogens with one attached hydrogen (secondary N) is 1. The Labute approximate surface area is 139 Å². The Bertz CT molecular complexity index is 574. The van der Waals surface area contributed by atoms with E-state index in [9.17, 15) is 0 Å². The Morgan fingerprint density at radius 1 is 1.33 bits per heavy atom. The predicted molar refractivity (Wildman–Crippen MR) is 94.9 cm³/mol. The van der Waals surface area contributed by atoms with Crippen molar-refractivity contribution in [1.82, 2.24) is 10.3 Å². The normalized spacial score (nSPS) is 12.3. The summed E-state index contributed by atoms with van der Waals surface area (Å²) in [6, 6.07) is 10.9. The summed E-state index contributed by atoms with van der Waals surface area (Å²) in [5.74, 6) is 1.00. The highest BCUT2D eigenvalue weighted by atomic mass is 79.9. The van der Waals surface area contributed by atoms with E-state index >= 15 is 0 Å². The van der Waals surface area contributed by atoms with Crippen LogP contribution in [0.4, 0.5) is 0 Å². The molecule has 0 amide bonds. The number of hydrogen-bond acceptors (Lipinski definition) is 3. The molecule has 0 radical (unpaired) electrons. The van der Waals surface area contributed by atoms with Crippen LogP contribution in [-0.4, -0.2) is 17.3 Å². The zero-order valence-corrected chi connectivity index (χ0v) is 14.9. The summed E-state index contributed by atoms with van der Waals surface area (Å²) in [5.41, 5.74) is 2.60. The van der Waals surface area contributed by atoms with Crippen molar-refractivity contribution >= 4 is 27.7 Å². The molecule has 2 nitrogen and oxygen atoms in total. The summed E-state index contributed by atoms with van der Waals surface area (Å²) in [6.45, 7) is 5.38. The lowest BCUT2D eigenvalue weighted by Crippen LogP contribution is -2.25. The molecule has 0 saturated carbocycles. The van der Waals surface area contributed by atoms with Crippen LogP contribution in [0.15, 0.2) is 52.1 Å². The predicted octanol–water partition coefficient (Wildman–Crippen LogP) is 4.99. The van der Waals surface area contributed by atoms with E-state index in [1.54, 1.807) is 0 Å². The third-order valence-electron chi connectivity index (χ3n) is 3.31. The average Bonchev–Trinajstić information content (AvgIpc) is 2.48. The second-order valence-corrected chi connectivity index (χ2v) is 7.02. The molecule has 21 heavy (non-hydrogen) atoms. The van der Waals surface area contributed by atoms with Gasteiger partial charge in [-0.15, -0.1) is 11.8 Å². The van der Waals surface area contributed by atoms with E-state index in [0.29, 0.717) is 6.04 Å². The lowest BCUT2D eigenvalue weighted by Gasteiger charge is -2.20. The van der Waals surface area contributed by atoms with Crippen LogP contribution in [0.5, 0.6) is 0 Å². The molecule has 2 aromatic rings. The molecule has 0 saturated heterocycles. The molecule has 0 fully saturated rings. The summed E-state index contributed by atoms with van der Waals surface area (Å²) < 4.78 is 1.13. The molecule has 1 unspecified atom stereocenters. The van der Waals surface area contributed by atoms with Crippen LogP contribution in [0.25, 0.3) is 0 Å². The van der Waals surface area contributed by atoms with Gasteiger partial charge in [0.15, 0.2) is 0 Å². The minimum absolute atomic E-state index is 0.336. The van der Waals surface area contributed by atoms with Crippen molar-refractivity contribution in [3.05, 3.63) is 58.3 Å². The van der Waals surface area contributed by atoms with Gasteiger partial charge in [-0.1, -0.05) is 28.9 Å². The van der Waals surface area contributed by atoms with Crippen LogP contribution in [-0.2, 0) is 0 Å². The molecule has 0 aliphatic carbocycles. The maximum Gasteiger partial charge on any atom is 0.0433 e. The van der Waals surface area contributed by atoms with Crippen LogP contribution in [0.2, 0.25) is 0 Å². The molecule has 0 aliphatic heterocycles. The van der Waals surface area contributed by atoms with Gasteiger partial charge in [0, 0.05) is 33.6 Å². The number of benzene rings is 1. The molecule has 0 aliphatic rings. The van der Waals surface area contributed by atoms with Crippen molar-refractivity contribution in [1.29, 1.82) is 0 Å². The highest BCUT2D eigenvalue weighted by molar-refractivity contribution is 9.10. The maximum absolute atomic E-state index is 4.29. The molecular formula is C17H21BrN2S. The fraction of sp³-hybridized carbons (Fsp3) is 0.353. The van der Waals surface area contributed by atoms with Crippen LogP contribution in [0, 0.1) is 6.92 Å². The van der Waals surface area contributed by atoms with Gasteiger partial charge in [-0.2, -0.15) is 0 Å². The molecule has 1 atom stereocenters. The minimum Gasteiger partial charge on any atom is -0.309 e. The van der Waals surface area contributed by atoms with Crippen molar-refractivity contribution in [2.45, 2.75) is 31.2 Å². The zero-order valence-electron chi connectivity index (χ0n) is 12.5. The monoisotopic (exact) mass is 364 g/mol. The number of aryl methyl sites for hydroxylation is 1. The first-order valence-corrected chi connectivity index (χ1v) is 9.01. The zero-order chi connectivity index (χ0) is 15.1. The molecule has 112 valence electrons. The van der Waals surface area contributed by atoms with E-state index < -0.39 is 0 Å². The van der Waals surface area contributed by atoms with E-state index in [1.807, 2.05) is 24.2 Å². The third kappa shape index (κ3) is 5.13. The van der Waals surface area contributed by atoms with Gasteiger partial charge in [0.25, 0.3) is 0 Å². The van der Waals surface area contributed by atoms with Crippen molar-refractivity contribution in [2.75, 3.05) is 12.3 Å². The smallest absolute Gasteiger partial charge is 0.0433 e. The lowest BCUT2D eigenvalue weighted by atomic mass is 10.1. The van der Waals surface area contributed by atoms with Gasteiger partial charge >= 0.3 is 0 Å². The van der Waals surface area contributed by atoms with Gasteiger partial charge in [-0.25, -0.2) is 0 Å². The van der Waals surface area contributed by atoms with Crippen molar-refractivity contribution < 1.29 is 0 Å². The quantitative estimate of drug-likeness (QED) is 0.700. The Morgan fingerprint density at radius 2 is 2.19 bits per heavy atom. The van der Waals surface area contributed by atoms with E-state index in [2.05, 4.69) is 70.4 Å². The van der Waals surface area contributed by atoms with Gasteiger partial charge in [-0.3, -0.25) is 4.98 Å². The highest BCUT2D eigenvalue weighted by Gasteiger charge is 2.13. The van der Waals surface area contributed by atoms with Gasteiger partial charge in [-0.05, 0) is 55.3 Å².